The smallest absolute Gasteiger partial charge is 0.329 e. The van der Waals surface area contributed by atoms with Crippen molar-refractivity contribution < 1.29 is 14.4 Å². The Morgan fingerprint density at radius 3 is 2.63 bits per heavy atom. The van der Waals surface area contributed by atoms with Crippen LogP contribution in [-0.4, -0.2) is 64.3 Å². The van der Waals surface area contributed by atoms with Crippen LogP contribution >= 0.6 is 11.6 Å². The Morgan fingerprint density at radius 1 is 1.02 bits per heavy atom. The molecule has 2 aromatic carbocycles. The van der Waals surface area contributed by atoms with Gasteiger partial charge in [-0.3, -0.25) is 24.5 Å². The molecule has 0 radical (unpaired) electrons. The molecule has 4 aromatic rings. The normalized spacial score (nSPS) is 17.6. The van der Waals surface area contributed by atoms with Crippen molar-refractivity contribution in [2.75, 3.05) is 46.7 Å². The van der Waals surface area contributed by atoms with Crippen LogP contribution in [0.25, 0.3) is 10.9 Å². The standard InChI is InChI=1S/C30H30ClN9O3/c1-37-23-6-4-20(13-19(23)15-26(37)42)33-27-22(31)16-32-29(35-27)39-10-7-17(8-11-39)18-3-5-21-24(14-18)38(2)36-28(21)40-12-9-25(41)34-30(40)43/h3-6,13-14,16-17H,7-12,15H2,1-2H3,(H,32,33,35)(H,34,41,43). The highest BCUT2D eigenvalue weighted by Crippen LogP contribution is 2.36. The maximum absolute atomic E-state index is 12.4. The van der Waals surface area contributed by atoms with E-state index in [1.807, 2.05) is 31.3 Å². The monoisotopic (exact) mass is 599 g/mol. The predicted octanol–water partition coefficient (Wildman–Crippen LogP) is 4.11. The predicted molar refractivity (Wildman–Crippen MR) is 164 cm³/mol. The first-order valence-electron chi connectivity index (χ1n) is 14.3. The highest BCUT2D eigenvalue weighted by atomic mass is 35.5. The third-order valence-electron chi connectivity index (χ3n) is 8.57. The van der Waals surface area contributed by atoms with Gasteiger partial charge >= 0.3 is 6.03 Å². The molecule has 0 unspecified atom stereocenters. The first kappa shape index (κ1) is 27.1. The molecule has 220 valence electrons. The van der Waals surface area contributed by atoms with Gasteiger partial charge in [-0.2, -0.15) is 10.1 Å². The first-order valence-corrected chi connectivity index (χ1v) is 14.6. The molecule has 4 amide bonds. The molecule has 0 bridgehead atoms. The molecule has 5 heterocycles. The Morgan fingerprint density at radius 2 is 1.84 bits per heavy atom. The largest absolute Gasteiger partial charge is 0.341 e. The van der Waals surface area contributed by atoms with Gasteiger partial charge < -0.3 is 15.1 Å². The molecule has 2 saturated heterocycles. The number of halogens is 1. The number of nitrogens with zero attached hydrogens (tertiary/aromatic N) is 7. The number of aromatic nitrogens is 4. The van der Waals surface area contributed by atoms with Crippen LogP contribution in [0.3, 0.4) is 0 Å². The fraction of sp³-hybridized carbons (Fsp3) is 0.333. The third-order valence-corrected chi connectivity index (χ3v) is 8.84. The molecule has 2 N–H and O–H groups in total. The van der Waals surface area contributed by atoms with E-state index in [9.17, 15) is 14.4 Å². The summed E-state index contributed by atoms with van der Waals surface area (Å²) in [5, 5.41) is 11.6. The second-order valence-electron chi connectivity index (χ2n) is 11.2. The highest BCUT2D eigenvalue weighted by molar-refractivity contribution is 6.33. The van der Waals surface area contributed by atoms with Gasteiger partial charge in [0.05, 0.1) is 18.1 Å². The van der Waals surface area contributed by atoms with Crippen LogP contribution in [0.4, 0.5) is 33.8 Å². The zero-order chi connectivity index (χ0) is 29.8. The number of rotatable bonds is 5. The summed E-state index contributed by atoms with van der Waals surface area (Å²) in [5.74, 6) is 1.87. The fourth-order valence-corrected chi connectivity index (χ4v) is 6.31. The molecule has 13 heteroatoms. The van der Waals surface area contributed by atoms with Gasteiger partial charge in [-0.25, -0.2) is 9.78 Å². The van der Waals surface area contributed by atoms with E-state index in [-0.39, 0.29) is 18.2 Å². The van der Waals surface area contributed by atoms with E-state index in [0.29, 0.717) is 41.5 Å². The number of aryl methyl sites for hydroxylation is 1. The van der Waals surface area contributed by atoms with Gasteiger partial charge in [0.15, 0.2) is 11.6 Å². The van der Waals surface area contributed by atoms with Crippen LogP contribution < -0.4 is 25.3 Å². The lowest BCUT2D eigenvalue weighted by Crippen LogP contribution is -2.49. The Bertz CT molecular complexity index is 1800. The number of carbonyl (C=O) groups is 3. The second kappa shape index (κ2) is 10.5. The Kier molecular flexibility index (Phi) is 6.65. The van der Waals surface area contributed by atoms with Crippen molar-refractivity contribution in [1.29, 1.82) is 0 Å². The van der Waals surface area contributed by atoms with Crippen molar-refractivity contribution in [3.8, 4) is 0 Å². The summed E-state index contributed by atoms with van der Waals surface area (Å²) in [6, 6.07) is 11.7. The van der Waals surface area contributed by atoms with Crippen molar-refractivity contribution in [2.45, 2.75) is 31.6 Å². The number of piperidine rings is 1. The van der Waals surface area contributed by atoms with E-state index in [2.05, 4.69) is 37.7 Å². The average molecular weight is 600 g/mol. The van der Waals surface area contributed by atoms with Crippen LogP contribution in [-0.2, 0) is 23.1 Å². The second-order valence-corrected chi connectivity index (χ2v) is 11.6. The molecule has 12 nitrogen and oxygen atoms in total. The number of amides is 4. The maximum atomic E-state index is 12.4. The molecule has 2 fully saturated rings. The summed E-state index contributed by atoms with van der Waals surface area (Å²) < 4.78 is 1.79. The molecule has 7 rings (SSSR count). The summed E-state index contributed by atoms with van der Waals surface area (Å²) in [6.07, 6.45) is 4.10. The number of fused-ring (bicyclic) bond motifs is 2. The van der Waals surface area contributed by atoms with Gasteiger partial charge in [-0.1, -0.05) is 17.7 Å². The average Bonchev–Trinajstić information content (AvgIpc) is 3.48. The van der Waals surface area contributed by atoms with Crippen molar-refractivity contribution in [2.24, 2.45) is 7.05 Å². The van der Waals surface area contributed by atoms with Crippen LogP contribution in [0.2, 0.25) is 5.02 Å². The van der Waals surface area contributed by atoms with Gasteiger partial charge in [0.1, 0.15) is 5.02 Å². The van der Waals surface area contributed by atoms with Gasteiger partial charge in [-0.15, -0.1) is 0 Å². The van der Waals surface area contributed by atoms with Crippen LogP contribution in [0, 0.1) is 0 Å². The van der Waals surface area contributed by atoms with E-state index in [4.69, 9.17) is 16.6 Å². The quantitative estimate of drug-likeness (QED) is 0.351. The molecule has 3 aliphatic rings. The van der Waals surface area contributed by atoms with Gasteiger partial charge in [0.2, 0.25) is 17.8 Å². The lowest BCUT2D eigenvalue weighted by molar-refractivity contribution is -0.120. The third kappa shape index (κ3) is 4.91. The number of imide groups is 1. The van der Waals surface area contributed by atoms with Gasteiger partial charge in [0.25, 0.3) is 0 Å². The lowest BCUT2D eigenvalue weighted by atomic mass is 9.89. The molecule has 0 saturated carbocycles. The molecule has 43 heavy (non-hydrogen) atoms. The SMILES string of the molecule is CN1C(=O)Cc2cc(Nc3nc(N4CCC(c5ccc6c(N7CCC(=O)NC7=O)nn(C)c6c5)CC4)ncc3Cl)ccc21. The zero-order valence-corrected chi connectivity index (χ0v) is 24.6. The number of hydrogen-bond donors (Lipinski definition) is 2. The number of carbonyl (C=O) groups excluding carboxylic acids is 3. The summed E-state index contributed by atoms with van der Waals surface area (Å²) in [4.78, 5) is 50.7. The minimum atomic E-state index is -0.438. The lowest BCUT2D eigenvalue weighted by Gasteiger charge is -2.32. The first-order chi connectivity index (χ1) is 20.7. The highest BCUT2D eigenvalue weighted by Gasteiger charge is 2.29. The van der Waals surface area contributed by atoms with E-state index in [1.165, 1.54) is 10.5 Å². The fourth-order valence-electron chi connectivity index (χ4n) is 6.17. The topological polar surface area (TPSA) is 129 Å². The van der Waals surface area contributed by atoms with Crippen LogP contribution in [0.1, 0.15) is 36.3 Å². The summed E-state index contributed by atoms with van der Waals surface area (Å²) in [5.41, 5.74) is 4.87. The van der Waals surface area contributed by atoms with Crippen molar-refractivity contribution in [1.82, 2.24) is 25.1 Å². The van der Waals surface area contributed by atoms with E-state index in [0.717, 1.165) is 53.8 Å². The van der Waals surface area contributed by atoms with Crippen LogP contribution in [0.5, 0.6) is 0 Å². The van der Waals surface area contributed by atoms with Crippen molar-refractivity contribution in [3.05, 3.63) is 58.7 Å². The number of anilines is 5. The Hall–Kier alpha value is -4.71. The molecule has 3 aliphatic heterocycles. The minimum Gasteiger partial charge on any atom is -0.341 e. The summed E-state index contributed by atoms with van der Waals surface area (Å²) >= 11 is 6.46. The molecular weight excluding hydrogens is 570 g/mol. The van der Waals surface area contributed by atoms with E-state index >= 15 is 0 Å². The summed E-state index contributed by atoms with van der Waals surface area (Å²) in [7, 11) is 3.66. The summed E-state index contributed by atoms with van der Waals surface area (Å²) in [6.45, 7) is 1.89. The molecule has 2 aromatic heterocycles. The van der Waals surface area contributed by atoms with E-state index < -0.39 is 6.03 Å². The molecule has 0 atom stereocenters. The van der Waals surface area contributed by atoms with Gasteiger partial charge in [-0.05, 0) is 60.2 Å². The number of likely N-dealkylation sites (N-methyl/N-ethyl adjacent to an activating group) is 1. The number of benzene rings is 2. The Labute approximate surface area is 252 Å². The molecule has 0 aliphatic carbocycles. The maximum Gasteiger partial charge on any atom is 0.329 e. The number of nitrogens with one attached hydrogen (secondary N) is 2. The van der Waals surface area contributed by atoms with Gasteiger partial charge in [0, 0.05) is 56.9 Å². The zero-order valence-electron chi connectivity index (χ0n) is 23.8. The number of hydrogen-bond acceptors (Lipinski definition) is 8. The minimum absolute atomic E-state index is 0.0770. The Balaban J connectivity index is 1.04. The molecule has 0 spiro atoms. The van der Waals surface area contributed by atoms with Crippen molar-refractivity contribution in [3.63, 3.8) is 0 Å². The molecular formula is C30H30ClN9O3. The van der Waals surface area contributed by atoms with Crippen molar-refractivity contribution >= 4 is 69.3 Å². The van der Waals surface area contributed by atoms with Crippen LogP contribution in [0.15, 0.2) is 42.6 Å². The number of urea groups is 1. The van der Waals surface area contributed by atoms with E-state index in [1.54, 1.807) is 22.8 Å².